The number of benzene rings is 1. The average Bonchev–Trinajstić information content (AvgIpc) is 2.62. The molecular weight excluding hydrogens is 300 g/mol. The van der Waals surface area contributed by atoms with Crippen molar-refractivity contribution in [2.75, 3.05) is 13.7 Å². The van der Waals surface area contributed by atoms with Crippen molar-refractivity contribution in [2.24, 2.45) is 0 Å². The minimum absolute atomic E-state index is 0.335. The molecule has 24 heavy (non-hydrogen) atoms. The summed E-state index contributed by atoms with van der Waals surface area (Å²) in [5.74, 6) is 1.21. The number of hydrogen-bond acceptors (Lipinski definition) is 4. The molecule has 3 rings (SSSR count). The van der Waals surface area contributed by atoms with Crippen LogP contribution in [0.25, 0.3) is 0 Å². The molecule has 0 unspecified atom stereocenters. The second-order valence-electron chi connectivity index (χ2n) is 6.51. The third-order valence-electron chi connectivity index (χ3n) is 4.84. The quantitative estimate of drug-likeness (QED) is 0.877. The summed E-state index contributed by atoms with van der Waals surface area (Å²) in [4.78, 5) is 7.06. The van der Waals surface area contributed by atoms with E-state index in [0.717, 1.165) is 37.4 Å². The van der Waals surface area contributed by atoms with E-state index >= 15 is 0 Å². The predicted octanol–water partition coefficient (Wildman–Crippen LogP) is 3.78. The maximum absolute atomic E-state index is 9.40. The smallest absolute Gasteiger partial charge is 0.122 e. The van der Waals surface area contributed by atoms with Gasteiger partial charge < -0.3 is 9.84 Å². The number of rotatable bonds is 6. The number of aryl methyl sites for hydroxylation is 1. The van der Waals surface area contributed by atoms with Crippen molar-refractivity contribution in [3.63, 3.8) is 0 Å². The van der Waals surface area contributed by atoms with Crippen molar-refractivity contribution in [3.05, 3.63) is 53.9 Å². The summed E-state index contributed by atoms with van der Waals surface area (Å²) in [6, 6.07) is 12.1. The number of phenols is 1. The van der Waals surface area contributed by atoms with E-state index in [-0.39, 0.29) is 0 Å². The molecule has 128 valence electrons. The number of piperidine rings is 1. The molecule has 4 nitrogen and oxygen atoms in total. The lowest BCUT2D eigenvalue weighted by Crippen LogP contribution is -2.39. The van der Waals surface area contributed by atoms with Crippen LogP contribution in [0.5, 0.6) is 11.5 Å². The van der Waals surface area contributed by atoms with E-state index in [1.807, 2.05) is 30.5 Å². The van der Waals surface area contributed by atoms with E-state index in [1.165, 1.54) is 24.8 Å². The van der Waals surface area contributed by atoms with E-state index in [0.29, 0.717) is 11.8 Å². The summed E-state index contributed by atoms with van der Waals surface area (Å²) in [6.07, 6.45) is 7.84. The molecule has 0 aliphatic carbocycles. The van der Waals surface area contributed by atoms with E-state index in [1.54, 1.807) is 19.2 Å². The van der Waals surface area contributed by atoms with Crippen LogP contribution in [0.15, 0.2) is 42.6 Å². The molecule has 1 N–H and O–H groups in total. The van der Waals surface area contributed by atoms with E-state index in [9.17, 15) is 5.11 Å². The standard InChI is InChI=1S/C20H26N2O2/c1-24-20-11-12-21-17(14-20)15-22-13-3-2-4-18(22)8-5-16-6-9-19(23)10-7-16/h6-7,9-12,14,18,23H,2-5,8,13,15H2,1H3/t18-/m0/s1. The zero-order valence-corrected chi connectivity index (χ0v) is 14.3. The maximum atomic E-state index is 9.40. The van der Waals surface area contributed by atoms with Crippen molar-refractivity contribution in [1.82, 2.24) is 9.88 Å². The molecule has 0 amide bonds. The summed E-state index contributed by atoms with van der Waals surface area (Å²) in [7, 11) is 1.69. The van der Waals surface area contributed by atoms with Gasteiger partial charge in [0.25, 0.3) is 0 Å². The molecule has 1 aromatic heterocycles. The number of aromatic hydroxyl groups is 1. The first-order valence-corrected chi connectivity index (χ1v) is 8.75. The van der Waals surface area contributed by atoms with Gasteiger partial charge in [-0.05, 0) is 56.0 Å². The molecule has 0 spiro atoms. The zero-order chi connectivity index (χ0) is 16.8. The van der Waals surface area contributed by atoms with E-state index < -0.39 is 0 Å². The molecule has 2 aromatic rings. The molecule has 1 aliphatic heterocycles. The molecule has 1 saturated heterocycles. The third kappa shape index (κ3) is 4.48. The maximum Gasteiger partial charge on any atom is 0.122 e. The largest absolute Gasteiger partial charge is 0.508 e. The fourth-order valence-electron chi connectivity index (χ4n) is 3.47. The Hall–Kier alpha value is -2.07. The molecule has 4 heteroatoms. The fraction of sp³-hybridized carbons (Fsp3) is 0.450. The van der Waals surface area contributed by atoms with Crippen LogP contribution < -0.4 is 4.74 Å². The van der Waals surface area contributed by atoms with Crippen molar-refractivity contribution in [1.29, 1.82) is 0 Å². The Morgan fingerprint density at radius 3 is 2.83 bits per heavy atom. The Kier molecular flexibility index (Phi) is 5.70. The second kappa shape index (κ2) is 8.15. The average molecular weight is 326 g/mol. The van der Waals surface area contributed by atoms with Crippen LogP contribution in [0.1, 0.15) is 36.9 Å². The third-order valence-corrected chi connectivity index (χ3v) is 4.84. The van der Waals surface area contributed by atoms with Crippen molar-refractivity contribution in [2.45, 2.75) is 44.7 Å². The monoisotopic (exact) mass is 326 g/mol. The Bertz CT molecular complexity index is 642. The molecular formula is C20H26N2O2. The van der Waals surface area contributed by atoms with Crippen molar-refractivity contribution in [3.8, 4) is 11.5 Å². The second-order valence-corrected chi connectivity index (χ2v) is 6.51. The summed E-state index contributed by atoms with van der Waals surface area (Å²) >= 11 is 0. The van der Waals surface area contributed by atoms with Crippen LogP contribution >= 0.6 is 0 Å². The lowest BCUT2D eigenvalue weighted by atomic mass is 9.95. The summed E-state index contributed by atoms with van der Waals surface area (Å²) in [6.45, 7) is 2.02. The number of methoxy groups -OCH3 is 1. The fourth-order valence-corrected chi connectivity index (χ4v) is 3.47. The highest BCUT2D eigenvalue weighted by atomic mass is 16.5. The Morgan fingerprint density at radius 1 is 1.21 bits per heavy atom. The van der Waals surface area contributed by atoms with Crippen molar-refractivity contribution >= 4 is 0 Å². The van der Waals surface area contributed by atoms with Crippen LogP contribution in [0.3, 0.4) is 0 Å². The van der Waals surface area contributed by atoms with Crippen LogP contribution in [-0.4, -0.2) is 34.7 Å². The molecule has 2 heterocycles. The van der Waals surface area contributed by atoms with Gasteiger partial charge in [0.1, 0.15) is 11.5 Å². The normalized spacial score (nSPS) is 18.5. The highest BCUT2D eigenvalue weighted by molar-refractivity contribution is 5.26. The molecule has 1 fully saturated rings. The topological polar surface area (TPSA) is 45.6 Å². The predicted molar refractivity (Wildman–Crippen MR) is 95.3 cm³/mol. The van der Waals surface area contributed by atoms with Crippen LogP contribution in [0, 0.1) is 0 Å². The Balaban J connectivity index is 1.61. The number of likely N-dealkylation sites (tertiary alicyclic amines) is 1. The minimum Gasteiger partial charge on any atom is -0.508 e. The SMILES string of the molecule is COc1ccnc(CN2CCCC[C@H]2CCc2ccc(O)cc2)c1. The number of aromatic nitrogens is 1. The molecule has 0 radical (unpaired) electrons. The van der Waals surface area contributed by atoms with Gasteiger partial charge in [0.2, 0.25) is 0 Å². The van der Waals surface area contributed by atoms with Gasteiger partial charge in [-0.3, -0.25) is 9.88 Å². The Morgan fingerprint density at radius 2 is 2.04 bits per heavy atom. The first-order chi connectivity index (χ1) is 11.7. The van der Waals surface area contributed by atoms with Crippen molar-refractivity contribution < 1.29 is 9.84 Å². The molecule has 1 aliphatic rings. The number of phenolic OH excluding ortho intramolecular Hbond substituents is 1. The van der Waals surface area contributed by atoms with Gasteiger partial charge in [-0.1, -0.05) is 18.6 Å². The van der Waals surface area contributed by atoms with Gasteiger partial charge in [0.15, 0.2) is 0 Å². The lowest BCUT2D eigenvalue weighted by molar-refractivity contribution is 0.130. The van der Waals surface area contributed by atoms with Gasteiger partial charge in [-0.2, -0.15) is 0 Å². The number of ether oxygens (including phenoxy) is 1. The first-order valence-electron chi connectivity index (χ1n) is 8.75. The van der Waals surface area contributed by atoms with Crippen LogP contribution in [0.2, 0.25) is 0 Å². The number of pyridine rings is 1. The number of nitrogens with zero attached hydrogens (tertiary/aromatic N) is 2. The molecule has 1 aromatic carbocycles. The minimum atomic E-state index is 0.335. The van der Waals surface area contributed by atoms with Crippen LogP contribution in [0.4, 0.5) is 0 Å². The van der Waals surface area contributed by atoms with E-state index in [4.69, 9.17) is 4.74 Å². The summed E-state index contributed by atoms with van der Waals surface area (Å²) in [5.41, 5.74) is 2.36. The van der Waals surface area contributed by atoms with Gasteiger partial charge in [0.05, 0.1) is 12.8 Å². The van der Waals surface area contributed by atoms with Crippen LogP contribution in [-0.2, 0) is 13.0 Å². The molecule has 0 bridgehead atoms. The zero-order valence-electron chi connectivity index (χ0n) is 14.3. The summed E-state index contributed by atoms with van der Waals surface area (Å²) in [5, 5.41) is 9.40. The molecule has 1 atom stereocenters. The Labute approximate surface area is 144 Å². The summed E-state index contributed by atoms with van der Waals surface area (Å²) < 4.78 is 5.31. The first kappa shape index (κ1) is 16.8. The highest BCUT2D eigenvalue weighted by Gasteiger charge is 2.22. The molecule has 0 saturated carbocycles. The van der Waals surface area contributed by atoms with Gasteiger partial charge in [-0.15, -0.1) is 0 Å². The van der Waals surface area contributed by atoms with E-state index in [2.05, 4.69) is 9.88 Å². The lowest BCUT2D eigenvalue weighted by Gasteiger charge is -2.35. The van der Waals surface area contributed by atoms with Gasteiger partial charge in [0, 0.05) is 24.8 Å². The van der Waals surface area contributed by atoms with Gasteiger partial charge in [-0.25, -0.2) is 0 Å². The number of hydrogen-bond donors (Lipinski definition) is 1. The highest BCUT2D eigenvalue weighted by Crippen LogP contribution is 2.24. The van der Waals surface area contributed by atoms with Gasteiger partial charge >= 0.3 is 0 Å².